The maximum Gasteiger partial charge on any atom is 0.408 e. The van der Waals surface area contributed by atoms with Crippen LogP contribution >= 0.6 is 0 Å². The second-order valence-corrected chi connectivity index (χ2v) is 8.70. The molecule has 0 aliphatic rings. The van der Waals surface area contributed by atoms with Crippen LogP contribution in [0.25, 0.3) is 0 Å². The first-order valence-electron chi connectivity index (χ1n) is 10.1. The Bertz CT molecular complexity index is 580. The number of rotatable bonds is 10. The molecule has 0 aliphatic heterocycles. The van der Waals surface area contributed by atoms with Gasteiger partial charge in [-0.1, -0.05) is 13.3 Å². The van der Waals surface area contributed by atoms with Gasteiger partial charge in [-0.05, 0) is 48.0 Å². The van der Waals surface area contributed by atoms with Gasteiger partial charge in [-0.15, -0.1) is 0 Å². The number of hydrogen-bond acceptors (Lipinski definition) is 7. The molecule has 10 heteroatoms. The maximum atomic E-state index is 12.5. The van der Waals surface area contributed by atoms with Crippen molar-refractivity contribution in [2.24, 2.45) is 0 Å². The van der Waals surface area contributed by atoms with E-state index < -0.39 is 41.3 Å². The monoisotopic (exact) mass is 431 g/mol. The molecule has 0 saturated heterocycles. The fraction of sp³-hybridized carbons (Fsp3) is 0.800. The van der Waals surface area contributed by atoms with Crippen LogP contribution in [0.5, 0.6) is 0 Å². The van der Waals surface area contributed by atoms with Gasteiger partial charge in [-0.25, -0.2) is 9.59 Å². The van der Waals surface area contributed by atoms with Crippen molar-refractivity contribution in [2.45, 2.75) is 85.0 Å². The van der Waals surface area contributed by atoms with E-state index in [0.29, 0.717) is 6.61 Å². The highest BCUT2D eigenvalue weighted by molar-refractivity contribution is 5.86. The van der Waals surface area contributed by atoms with Gasteiger partial charge < -0.3 is 30.2 Å². The van der Waals surface area contributed by atoms with Gasteiger partial charge in [0.05, 0.1) is 19.6 Å². The van der Waals surface area contributed by atoms with Crippen LogP contribution < -0.4 is 16.0 Å². The predicted octanol–water partition coefficient (Wildman–Crippen LogP) is 2.25. The number of unbranched alkanes of at least 4 members (excludes halogenated alkanes) is 1. The number of amides is 3. The van der Waals surface area contributed by atoms with E-state index in [1.165, 1.54) is 0 Å². The van der Waals surface area contributed by atoms with Crippen molar-refractivity contribution in [3.63, 3.8) is 0 Å². The van der Waals surface area contributed by atoms with Crippen molar-refractivity contribution in [2.75, 3.05) is 19.7 Å². The first-order valence-corrected chi connectivity index (χ1v) is 10.1. The van der Waals surface area contributed by atoms with Crippen molar-refractivity contribution < 1.29 is 33.4 Å². The first kappa shape index (κ1) is 27.5. The Morgan fingerprint density at radius 2 is 1.43 bits per heavy atom. The van der Waals surface area contributed by atoms with Crippen molar-refractivity contribution >= 4 is 24.1 Å². The molecule has 0 radical (unpaired) electrons. The van der Waals surface area contributed by atoms with Crippen LogP contribution in [-0.4, -0.2) is 61.0 Å². The van der Waals surface area contributed by atoms with Gasteiger partial charge >= 0.3 is 18.2 Å². The van der Waals surface area contributed by atoms with E-state index in [9.17, 15) is 19.2 Å². The molecule has 0 rings (SSSR count). The number of hydrogen-bond donors (Lipinski definition) is 3. The molecule has 0 aliphatic carbocycles. The number of carbonyl (C=O) groups excluding carboxylic acids is 4. The largest absolute Gasteiger partial charge is 0.466 e. The molecule has 0 aromatic heterocycles. The number of carbonyl (C=O) groups is 4. The molecule has 3 amide bonds. The molecule has 0 aromatic carbocycles. The van der Waals surface area contributed by atoms with Crippen molar-refractivity contribution in [1.82, 2.24) is 16.0 Å². The molecule has 0 bridgehead atoms. The van der Waals surface area contributed by atoms with Crippen molar-refractivity contribution in [3.05, 3.63) is 0 Å². The second-order valence-electron chi connectivity index (χ2n) is 8.70. The van der Waals surface area contributed by atoms with E-state index in [4.69, 9.17) is 14.2 Å². The lowest BCUT2D eigenvalue weighted by Crippen LogP contribution is -2.54. The molecule has 0 spiro atoms. The average Bonchev–Trinajstić information content (AvgIpc) is 2.55. The van der Waals surface area contributed by atoms with Gasteiger partial charge in [0.2, 0.25) is 5.91 Å². The van der Waals surface area contributed by atoms with E-state index in [0.717, 1.165) is 12.8 Å². The zero-order chi connectivity index (χ0) is 23.4. The lowest BCUT2D eigenvalue weighted by atomic mass is 10.2. The summed E-state index contributed by atoms with van der Waals surface area (Å²) in [4.78, 5) is 48.0. The lowest BCUT2D eigenvalue weighted by molar-refractivity contribution is -0.143. The zero-order valence-electron chi connectivity index (χ0n) is 19.2. The molecular formula is C20H37N3O7. The Morgan fingerprint density at radius 1 is 0.867 bits per heavy atom. The second kappa shape index (κ2) is 12.9. The normalized spacial score (nSPS) is 12.4. The van der Waals surface area contributed by atoms with E-state index in [1.807, 2.05) is 6.92 Å². The van der Waals surface area contributed by atoms with Gasteiger partial charge in [0, 0.05) is 6.54 Å². The minimum absolute atomic E-state index is 0.00585. The molecule has 1 atom stereocenters. The summed E-state index contributed by atoms with van der Waals surface area (Å²) >= 11 is 0. The highest BCUT2D eigenvalue weighted by Crippen LogP contribution is 2.08. The summed E-state index contributed by atoms with van der Waals surface area (Å²) in [5, 5.41) is 7.39. The van der Waals surface area contributed by atoms with Crippen LogP contribution in [0.3, 0.4) is 0 Å². The number of esters is 1. The molecule has 0 unspecified atom stereocenters. The Kier molecular flexibility index (Phi) is 11.8. The maximum absolute atomic E-state index is 12.5. The first-order chi connectivity index (χ1) is 13.7. The van der Waals surface area contributed by atoms with Crippen molar-refractivity contribution in [1.29, 1.82) is 0 Å². The summed E-state index contributed by atoms with van der Waals surface area (Å²) in [6.07, 6.45) is 0.135. The summed E-state index contributed by atoms with van der Waals surface area (Å²) in [7, 11) is 0. The predicted molar refractivity (Wildman–Crippen MR) is 111 cm³/mol. The summed E-state index contributed by atoms with van der Waals surface area (Å²) in [6.45, 7) is 12.3. The van der Waals surface area contributed by atoms with E-state index >= 15 is 0 Å². The van der Waals surface area contributed by atoms with Crippen molar-refractivity contribution in [3.8, 4) is 0 Å². The lowest BCUT2D eigenvalue weighted by Gasteiger charge is -2.24. The van der Waals surface area contributed by atoms with E-state index in [1.54, 1.807) is 41.5 Å². The van der Waals surface area contributed by atoms with Gasteiger partial charge in [-0.2, -0.15) is 0 Å². The summed E-state index contributed by atoms with van der Waals surface area (Å²) in [5.41, 5.74) is -1.47. The molecule has 0 heterocycles. The standard InChI is InChI=1S/C20H37N3O7/c1-8-9-12-28-15(24)10-11-21-16(25)14(23-18(27)30-20(5,6)7)13-22-17(26)29-19(2,3)4/h14H,8-13H2,1-7H3,(H,21,25)(H,22,26)(H,23,27)/t14-/m0/s1. The van der Waals surface area contributed by atoms with Gasteiger partial charge in [-0.3, -0.25) is 9.59 Å². The Morgan fingerprint density at radius 3 is 1.97 bits per heavy atom. The SMILES string of the molecule is CCCCOC(=O)CCNC(=O)[C@H](CNC(=O)OC(C)(C)C)NC(=O)OC(C)(C)C. The summed E-state index contributed by atoms with van der Waals surface area (Å²) < 4.78 is 15.3. The third kappa shape index (κ3) is 15.4. The quantitative estimate of drug-likeness (QED) is 0.274. The number of ether oxygens (including phenoxy) is 3. The van der Waals surface area contributed by atoms with Crippen LogP contribution in [-0.2, 0) is 23.8 Å². The summed E-state index contributed by atoms with van der Waals surface area (Å²) in [6, 6.07) is -1.12. The van der Waals surface area contributed by atoms with Gasteiger partial charge in [0.25, 0.3) is 0 Å². The molecule has 3 N–H and O–H groups in total. The van der Waals surface area contributed by atoms with E-state index in [2.05, 4.69) is 16.0 Å². The fourth-order valence-electron chi connectivity index (χ4n) is 1.97. The van der Waals surface area contributed by atoms with Crippen LogP contribution in [0.1, 0.15) is 67.7 Å². The number of alkyl carbamates (subject to hydrolysis) is 2. The third-order valence-electron chi connectivity index (χ3n) is 3.25. The average molecular weight is 432 g/mol. The van der Waals surface area contributed by atoms with E-state index in [-0.39, 0.29) is 19.5 Å². The minimum atomic E-state index is -1.12. The zero-order valence-corrected chi connectivity index (χ0v) is 19.2. The molecule has 0 saturated carbocycles. The molecule has 174 valence electrons. The molecule has 10 nitrogen and oxygen atoms in total. The van der Waals surface area contributed by atoms with Crippen LogP contribution in [0.2, 0.25) is 0 Å². The molecule has 30 heavy (non-hydrogen) atoms. The minimum Gasteiger partial charge on any atom is -0.466 e. The third-order valence-corrected chi connectivity index (χ3v) is 3.25. The highest BCUT2D eigenvalue weighted by atomic mass is 16.6. The molecular weight excluding hydrogens is 394 g/mol. The van der Waals surface area contributed by atoms with Crippen LogP contribution in [0.4, 0.5) is 9.59 Å². The van der Waals surface area contributed by atoms with Gasteiger partial charge in [0.15, 0.2) is 0 Å². The molecule has 0 fully saturated rings. The Labute approximate surface area is 178 Å². The smallest absolute Gasteiger partial charge is 0.408 e. The Balaban J connectivity index is 4.76. The highest BCUT2D eigenvalue weighted by Gasteiger charge is 2.26. The van der Waals surface area contributed by atoms with Crippen LogP contribution in [0.15, 0.2) is 0 Å². The Hall–Kier alpha value is -2.52. The van der Waals surface area contributed by atoms with Crippen LogP contribution in [0, 0.1) is 0 Å². The fourth-order valence-corrected chi connectivity index (χ4v) is 1.97. The number of nitrogens with one attached hydrogen (secondary N) is 3. The summed E-state index contributed by atoms with van der Waals surface area (Å²) in [5.74, 6) is -1.01. The topological polar surface area (TPSA) is 132 Å². The van der Waals surface area contributed by atoms with Gasteiger partial charge in [0.1, 0.15) is 17.2 Å². The molecule has 0 aromatic rings.